The van der Waals surface area contributed by atoms with Crippen molar-refractivity contribution < 1.29 is 14.3 Å². The number of carbonyl (C=O) groups excluding carboxylic acids is 1. The van der Waals surface area contributed by atoms with Crippen LogP contribution in [0.3, 0.4) is 0 Å². The molecule has 0 spiro atoms. The fourth-order valence-electron chi connectivity index (χ4n) is 4.14. The molecule has 7 heteroatoms. The number of hydrogen-bond acceptors (Lipinski definition) is 5. The molecule has 1 saturated heterocycles. The summed E-state index contributed by atoms with van der Waals surface area (Å²) < 4.78 is 11.7. The summed E-state index contributed by atoms with van der Waals surface area (Å²) >= 11 is 0. The maximum atomic E-state index is 13.6. The van der Waals surface area contributed by atoms with Gasteiger partial charge >= 0.3 is 0 Å². The molecular formula is C27H25N3O4. The number of nitrogens with zero attached hydrogens (tertiary/aromatic N) is 2. The molecule has 1 aromatic heterocycles. The number of fused-ring (bicyclic) bond motifs is 1. The Morgan fingerprint density at radius 1 is 1.03 bits per heavy atom. The van der Waals surface area contributed by atoms with E-state index in [2.05, 4.69) is 9.97 Å². The van der Waals surface area contributed by atoms with E-state index < -0.39 is 0 Å². The van der Waals surface area contributed by atoms with Gasteiger partial charge in [0.2, 0.25) is 0 Å². The fraction of sp³-hybridized carbons (Fsp3) is 0.222. The fourth-order valence-corrected chi connectivity index (χ4v) is 4.14. The van der Waals surface area contributed by atoms with Crippen LogP contribution in [-0.4, -0.2) is 40.0 Å². The van der Waals surface area contributed by atoms with Gasteiger partial charge in [-0.2, -0.15) is 0 Å². The predicted octanol–water partition coefficient (Wildman–Crippen LogP) is 4.54. The van der Waals surface area contributed by atoms with Gasteiger partial charge in [0.05, 0.1) is 23.6 Å². The smallest absolute Gasteiger partial charge is 0.258 e. The average molecular weight is 456 g/mol. The molecule has 172 valence electrons. The second-order valence-corrected chi connectivity index (χ2v) is 8.29. The number of H-pyrrole nitrogens is 1. The maximum Gasteiger partial charge on any atom is 0.258 e. The molecule has 0 unspecified atom stereocenters. The number of carbonyl (C=O) groups is 1. The van der Waals surface area contributed by atoms with Crippen molar-refractivity contribution in [2.75, 3.05) is 13.2 Å². The lowest BCUT2D eigenvalue weighted by Gasteiger charge is -2.25. The van der Waals surface area contributed by atoms with Crippen molar-refractivity contribution >= 4 is 16.8 Å². The molecule has 1 aliphatic rings. The number of ether oxygens (including phenoxy) is 2. The molecular weight excluding hydrogens is 430 g/mol. The highest BCUT2D eigenvalue weighted by Gasteiger charge is 2.25. The Hall–Kier alpha value is -3.97. The van der Waals surface area contributed by atoms with Crippen LogP contribution in [0.25, 0.3) is 10.9 Å². The molecule has 3 aromatic carbocycles. The summed E-state index contributed by atoms with van der Waals surface area (Å²) in [6.07, 6.45) is 1.82. The second-order valence-electron chi connectivity index (χ2n) is 8.29. The van der Waals surface area contributed by atoms with Crippen molar-refractivity contribution in [2.45, 2.75) is 25.5 Å². The molecule has 2 heterocycles. The molecule has 5 rings (SSSR count). The van der Waals surface area contributed by atoms with Crippen LogP contribution in [0.2, 0.25) is 0 Å². The largest absolute Gasteiger partial charge is 0.457 e. The van der Waals surface area contributed by atoms with E-state index in [0.717, 1.165) is 12.8 Å². The van der Waals surface area contributed by atoms with E-state index in [-0.39, 0.29) is 24.1 Å². The van der Waals surface area contributed by atoms with E-state index in [4.69, 9.17) is 9.47 Å². The quantitative estimate of drug-likeness (QED) is 0.442. The molecule has 1 N–H and O–H groups in total. The lowest BCUT2D eigenvalue weighted by atomic mass is 10.1. The molecule has 1 fully saturated rings. The predicted molar refractivity (Wildman–Crippen MR) is 129 cm³/mol. The first-order chi connectivity index (χ1) is 16.7. The van der Waals surface area contributed by atoms with Gasteiger partial charge in [-0.05, 0) is 55.3 Å². The number of nitrogens with one attached hydrogen (secondary N) is 1. The summed E-state index contributed by atoms with van der Waals surface area (Å²) in [6, 6.07) is 23.7. The van der Waals surface area contributed by atoms with E-state index in [1.165, 1.54) is 0 Å². The maximum absolute atomic E-state index is 13.6. The van der Waals surface area contributed by atoms with E-state index >= 15 is 0 Å². The Bertz CT molecular complexity index is 1350. The lowest BCUT2D eigenvalue weighted by Crippen LogP contribution is -2.37. The van der Waals surface area contributed by atoms with Crippen molar-refractivity contribution in [3.63, 3.8) is 0 Å². The number of amides is 1. The van der Waals surface area contributed by atoms with Gasteiger partial charge in [0.1, 0.15) is 17.3 Å². The van der Waals surface area contributed by atoms with Crippen LogP contribution in [0.4, 0.5) is 0 Å². The van der Waals surface area contributed by atoms with Crippen molar-refractivity contribution in [3.8, 4) is 11.5 Å². The van der Waals surface area contributed by atoms with E-state index in [0.29, 0.717) is 46.9 Å². The van der Waals surface area contributed by atoms with Gasteiger partial charge in [0.15, 0.2) is 0 Å². The molecule has 0 bridgehead atoms. The number of aromatic nitrogens is 2. The summed E-state index contributed by atoms with van der Waals surface area (Å²) in [5.74, 6) is 1.53. The molecule has 34 heavy (non-hydrogen) atoms. The SMILES string of the molecule is O=C(c1cccc(Oc2ccccc2)c1)N(Cc1nc2ccccc2c(=O)[nH]1)C[C@H]1CCCO1. The highest BCUT2D eigenvalue weighted by Crippen LogP contribution is 2.23. The minimum atomic E-state index is -0.219. The lowest BCUT2D eigenvalue weighted by molar-refractivity contribution is 0.0501. The van der Waals surface area contributed by atoms with Crippen molar-refractivity contribution in [3.05, 3.63) is 101 Å². The van der Waals surface area contributed by atoms with Crippen LogP contribution in [0.15, 0.2) is 83.7 Å². The van der Waals surface area contributed by atoms with Crippen molar-refractivity contribution in [1.29, 1.82) is 0 Å². The van der Waals surface area contributed by atoms with Crippen LogP contribution >= 0.6 is 0 Å². The van der Waals surface area contributed by atoms with Crippen LogP contribution in [0.1, 0.15) is 29.0 Å². The Morgan fingerprint density at radius 3 is 2.65 bits per heavy atom. The first kappa shape index (κ1) is 21.9. The third kappa shape index (κ3) is 5.00. The Morgan fingerprint density at radius 2 is 1.82 bits per heavy atom. The Labute approximate surface area is 197 Å². The zero-order chi connectivity index (χ0) is 23.3. The van der Waals surface area contributed by atoms with Crippen LogP contribution in [-0.2, 0) is 11.3 Å². The molecule has 1 aliphatic heterocycles. The molecule has 1 atom stereocenters. The summed E-state index contributed by atoms with van der Waals surface area (Å²) in [6.45, 7) is 1.28. The number of para-hydroxylation sites is 2. The first-order valence-electron chi connectivity index (χ1n) is 11.4. The van der Waals surface area contributed by atoms with E-state index in [9.17, 15) is 9.59 Å². The third-order valence-corrected chi connectivity index (χ3v) is 5.80. The van der Waals surface area contributed by atoms with Crippen molar-refractivity contribution in [2.24, 2.45) is 0 Å². The van der Waals surface area contributed by atoms with Crippen molar-refractivity contribution in [1.82, 2.24) is 14.9 Å². The molecule has 4 aromatic rings. The number of aromatic amines is 1. The molecule has 1 amide bonds. The molecule has 0 radical (unpaired) electrons. The van der Waals surface area contributed by atoms with Gasteiger partial charge in [-0.15, -0.1) is 0 Å². The summed E-state index contributed by atoms with van der Waals surface area (Å²) in [5, 5.41) is 0.522. The normalized spacial score (nSPS) is 15.4. The monoisotopic (exact) mass is 455 g/mol. The summed E-state index contributed by atoms with van der Waals surface area (Å²) in [7, 11) is 0. The first-order valence-corrected chi connectivity index (χ1v) is 11.4. The summed E-state index contributed by atoms with van der Waals surface area (Å²) in [4.78, 5) is 35.2. The van der Waals surface area contributed by atoms with Crippen LogP contribution < -0.4 is 10.3 Å². The third-order valence-electron chi connectivity index (χ3n) is 5.80. The van der Waals surface area contributed by atoms with E-state index in [1.54, 1.807) is 41.3 Å². The van der Waals surface area contributed by atoms with Gasteiger partial charge in [-0.25, -0.2) is 4.98 Å². The number of rotatable bonds is 7. The Kier molecular flexibility index (Phi) is 6.35. The standard InChI is InChI=1S/C27H25N3O4/c31-26-23-13-4-5-14-24(23)28-25(29-26)18-30(17-22-12-7-15-33-22)27(32)19-8-6-11-21(16-19)34-20-9-2-1-3-10-20/h1-6,8-11,13-14,16,22H,7,12,15,17-18H2,(H,28,29,31)/t22-/m1/s1. The minimum absolute atomic E-state index is 0.0418. The molecule has 7 nitrogen and oxygen atoms in total. The van der Waals surface area contributed by atoms with Gasteiger partial charge in [0, 0.05) is 18.7 Å². The Balaban J connectivity index is 1.42. The van der Waals surface area contributed by atoms with Gasteiger partial charge in [-0.3, -0.25) is 9.59 Å². The molecule has 0 saturated carbocycles. The van der Waals surface area contributed by atoms with Crippen LogP contribution in [0, 0.1) is 0 Å². The number of hydrogen-bond donors (Lipinski definition) is 1. The zero-order valence-electron chi connectivity index (χ0n) is 18.6. The topological polar surface area (TPSA) is 84.5 Å². The number of benzene rings is 3. The zero-order valence-corrected chi connectivity index (χ0v) is 18.6. The van der Waals surface area contributed by atoms with Crippen LogP contribution in [0.5, 0.6) is 11.5 Å². The van der Waals surface area contributed by atoms with Gasteiger partial charge in [0.25, 0.3) is 11.5 Å². The van der Waals surface area contributed by atoms with Gasteiger partial charge < -0.3 is 19.4 Å². The second kappa shape index (κ2) is 9.89. The summed E-state index contributed by atoms with van der Waals surface area (Å²) in [5.41, 5.74) is 0.877. The van der Waals surface area contributed by atoms with Gasteiger partial charge in [-0.1, -0.05) is 36.4 Å². The van der Waals surface area contributed by atoms with E-state index in [1.807, 2.05) is 42.5 Å². The average Bonchev–Trinajstić information content (AvgIpc) is 3.37. The molecule has 0 aliphatic carbocycles. The highest BCUT2D eigenvalue weighted by atomic mass is 16.5. The minimum Gasteiger partial charge on any atom is -0.457 e. The highest BCUT2D eigenvalue weighted by molar-refractivity contribution is 5.94.